The van der Waals surface area contributed by atoms with Crippen molar-refractivity contribution in [1.82, 2.24) is 0 Å². The highest BCUT2D eigenvalue weighted by atomic mass is 16.6. The van der Waals surface area contributed by atoms with Gasteiger partial charge in [-0.15, -0.1) is 0 Å². The van der Waals surface area contributed by atoms with Gasteiger partial charge in [0.2, 0.25) is 0 Å². The molecule has 0 aromatic carbocycles. The van der Waals surface area contributed by atoms with Gasteiger partial charge in [-0.1, -0.05) is 41.5 Å². The zero-order valence-corrected chi connectivity index (χ0v) is 18.4. The molecule has 0 aromatic heterocycles. The second-order valence-corrected chi connectivity index (χ2v) is 9.21. The van der Waals surface area contributed by atoms with Gasteiger partial charge in [0.1, 0.15) is 6.10 Å². The largest absolute Gasteiger partial charge is 0.465 e. The Hall–Kier alpha value is -1.59. The molecule has 1 aliphatic carbocycles. The Morgan fingerprint density at radius 1 is 0.679 bits per heavy atom. The van der Waals surface area contributed by atoms with Crippen LogP contribution in [0.2, 0.25) is 0 Å². The van der Waals surface area contributed by atoms with Crippen molar-refractivity contribution in [3.05, 3.63) is 0 Å². The lowest BCUT2D eigenvalue weighted by atomic mass is 10.0. The third-order valence-electron chi connectivity index (χ3n) is 4.75. The number of ether oxygens (including phenoxy) is 3. The van der Waals surface area contributed by atoms with Crippen LogP contribution < -0.4 is 0 Å². The fourth-order valence-electron chi connectivity index (χ4n) is 3.41. The molecule has 162 valence electrons. The van der Waals surface area contributed by atoms with E-state index in [0.29, 0.717) is 19.3 Å². The first-order valence-corrected chi connectivity index (χ1v) is 10.6. The molecular weight excluding hydrogens is 360 g/mol. The van der Waals surface area contributed by atoms with E-state index in [1.54, 1.807) is 0 Å². The first kappa shape index (κ1) is 24.4. The Labute approximate surface area is 169 Å². The number of hydrogen-bond acceptors (Lipinski definition) is 6. The standard InChI is InChI=1S/C22H38O6/c1-14(2)9-19(23)26-12-17-7-8-18(13-27-20(24)10-15(3)4)22(17)28-21(25)11-16(5)6/h14-18,22H,7-13H2,1-6H3. The van der Waals surface area contributed by atoms with Crippen molar-refractivity contribution in [2.24, 2.45) is 29.6 Å². The summed E-state index contributed by atoms with van der Waals surface area (Å²) in [6.07, 6.45) is 2.27. The molecule has 6 heteroatoms. The van der Waals surface area contributed by atoms with Gasteiger partial charge in [0.15, 0.2) is 0 Å². The van der Waals surface area contributed by atoms with Gasteiger partial charge in [0.25, 0.3) is 0 Å². The molecule has 0 radical (unpaired) electrons. The van der Waals surface area contributed by atoms with Crippen molar-refractivity contribution in [1.29, 1.82) is 0 Å². The highest BCUT2D eigenvalue weighted by Crippen LogP contribution is 2.35. The maximum atomic E-state index is 12.2. The third-order valence-corrected chi connectivity index (χ3v) is 4.75. The summed E-state index contributed by atoms with van der Waals surface area (Å²) in [5.74, 6) is -0.129. The average molecular weight is 399 g/mol. The van der Waals surface area contributed by atoms with E-state index in [1.807, 2.05) is 41.5 Å². The van der Waals surface area contributed by atoms with E-state index in [1.165, 1.54) is 0 Å². The van der Waals surface area contributed by atoms with E-state index < -0.39 is 0 Å². The molecule has 2 unspecified atom stereocenters. The SMILES string of the molecule is CC(C)CC(=O)OCC1CCC(COC(=O)CC(C)C)C1OC(=O)CC(C)C. The van der Waals surface area contributed by atoms with Crippen LogP contribution in [-0.4, -0.2) is 37.2 Å². The van der Waals surface area contributed by atoms with Crippen LogP contribution in [0.5, 0.6) is 0 Å². The van der Waals surface area contributed by atoms with Gasteiger partial charge >= 0.3 is 17.9 Å². The fourth-order valence-corrected chi connectivity index (χ4v) is 3.41. The zero-order valence-electron chi connectivity index (χ0n) is 18.4. The molecule has 0 heterocycles. The third kappa shape index (κ3) is 9.56. The highest BCUT2D eigenvalue weighted by molar-refractivity contribution is 5.70. The first-order valence-electron chi connectivity index (χ1n) is 10.6. The normalized spacial score (nSPS) is 22.0. The van der Waals surface area contributed by atoms with Crippen LogP contribution in [0.15, 0.2) is 0 Å². The summed E-state index contributed by atoms with van der Waals surface area (Å²) in [7, 11) is 0. The van der Waals surface area contributed by atoms with E-state index in [0.717, 1.165) is 12.8 Å². The quantitative estimate of drug-likeness (QED) is 0.384. The second-order valence-electron chi connectivity index (χ2n) is 9.21. The molecule has 0 aliphatic heterocycles. The van der Waals surface area contributed by atoms with E-state index >= 15 is 0 Å². The molecule has 1 fully saturated rings. The van der Waals surface area contributed by atoms with Crippen LogP contribution in [0.25, 0.3) is 0 Å². The minimum Gasteiger partial charge on any atom is -0.465 e. The van der Waals surface area contributed by atoms with Crippen molar-refractivity contribution >= 4 is 17.9 Å². The number of rotatable bonds is 11. The van der Waals surface area contributed by atoms with Crippen molar-refractivity contribution in [3.63, 3.8) is 0 Å². The van der Waals surface area contributed by atoms with Gasteiger partial charge in [-0.2, -0.15) is 0 Å². The van der Waals surface area contributed by atoms with Gasteiger partial charge < -0.3 is 14.2 Å². The monoisotopic (exact) mass is 398 g/mol. The molecular formula is C22H38O6. The van der Waals surface area contributed by atoms with Gasteiger partial charge in [-0.25, -0.2) is 0 Å². The molecule has 0 spiro atoms. The van der Waals surface area contributed by atoms with Crippen LogP contribution >= 0.6 is 0 Å². The van der Waals surface area contributed by atoms with E-state index in [-0.39, 0.29) is 66.8 Å². The van der Waals surface area contributed by atoms with Crippen LogP contribution in [0, 0.1) is 29.6 Å². The molecule has 0 amide bonds. The topological polar surface area (TPSA) is 78.9 Å². The maximum Gasteiger partial charge on any atom is 0.306 e. The number of hydrogen-bond donors (Lipinski definition) is 0. The van der Waals surface area contributed by atoms with Crippen molar-refractivity contribution in [3.8, 4) is 0 Å². The van der Waals surface area contributed by atoms with Crippen molar-refractivity contribution in [2.45, 2.75) is 79.8 Å². The molecule has 6 nitrogen and oxygen atoms in total. The number of esters is 3. The van der Waals surface area contributed by atoms with Crippen molar-refractivity contribution in [2.75, 3.05) is 13.2 Å². The second kappa shape index (κ2) is 12.1. The van der Waals surface area contributed by atoms with E-state index in [4.69, 9.17) is 14.2 Å². The molecule has 0 aromatic rings. The lowest BCUT2D eigenvalue weighted by Gasteiger charge is -2.25. The summed E-state index contributed by atoms with van der Waals surface area (Å²) in [6.45, 7) is 12.3. The lowest BCUT2D eigenvalue weighted by Crippen LogP contribution is -2.34. The average Bonchev–Trinajstić information content (AvgIpc) is 2.90. The van der Waals surface area contributed by atoms with Crippen molar-refractivity contribution < 1.29 is 28.6 Å². The van der Waals surface area contributed by atoms with Crippen LogP contribution in [0.4, 0.5) is 0 Å². The molecule has 0 bridgehead atoms. The van der Waals surface area contributed by atoms with Gasteiger partial charge in [0, 0.05) is 31.1 Å². The van der Waals surface area contributed by atoms with E-state index in [9.17, 15) is 14.4 Å². The molecule has 0 saturated heterocycles. The molecule has 1 rings (SSSR count). The predicted molar refractivity (Wildman–Crippen MR) is 106 cm³/mol. The molecule has 1 aliphatic rings. The fraction of sp³-hybridized carbons (Fsp3) is 0.864. The maximum absolute atomic E-state index is 12.2. The van der Waals surface area contributed by atoms with Gasteiger partial charge in [-0.05, 0) is 30.6 Å². The van der Waals surface area contributed by atoms with Crippen LogP contribution in [-0.2, 0) is 28.6 Å². The Morgan fingerprint density at radius 3 is 1.39 bits per heavy atom. The minimum atomic E-state index is -0.384. The van der Waals surface area contributed by atoms with Crippen LogP contribution in [0.3, 0.4) is 0 Å². The summed E-state index contributed by atoms with van der Waals surface area (Å²) in [5, 5.41) is 0. The molecule has 2 atom stereocenters. The summed E-state index contributed by atoms with van der Waals surface area (Å²) in [4.78, 5) is 36.0. The van der Waals surface area contributed by atoms with Gasteiger partial charge in [-0.3, -0.25) is 14.4 Å². The summed E-state index contributed by atoms with van der Waals surface area (Å²) < 4.78 is 16.6. The Bertz CT molecular complexity index is 477. The van der Waals surface area contributed by atoms with Crippen LogP contribution in [0.1, 0.15) is 73.6 Å². The molecule has 0 N–H and O–H groups in total. The van der Waals surface area contributed by atoms with Gasteiger partial charge in [0.05, 0.1) is 13.2 Å². The highest BCUT2D eigenvalue weighted by Gasteiger charge is 2.40. The Balaban J connectivity index is 2.67. The smallest absolute Gasteiger partial charge is 0.306 e. The Kier molecular flexibility index (Phi) is 10.5. The number of carbonyl (C=O) groups excluding carboxylic acids is 3. The zero-order chi connectivity index (χ0) is 21.3. The number of carbonyl (C=O) groups is 3. The Morgan fingerprint density at radius 2 is 1.04 bits per heavy atom. The summed E-state index contributed by atoms with van der Waals surface area (Å²) >= 11 is 0. The first-order chi connectivity index (χ1) is 13.1. The minimum absolute atomic E-state index is 0.0546. The predicted octanol–water partition coefficient (Wildman–Crippen LogP) is 4.15. The molecule has 1 saturated carbocycles. The summed E-state index contributed by atoms with van der Waals surface area (Å²) in [6, 6.07) is 0. The summed E-state index contributed by atoms with van der Waals surface area (Å²) in [5.41, 5.74) is 0. The van der Waals surface area contributed by atoms with E-state index in [2.05, 4.69) is 0 Å². The lowest BCUT2D eigenvalue weighted by molar-refractivity contribution is -0.159. The molecule has 28 heavy (non-hydrogen) atoms.